The highest BCUT2D eigenvalue weighted by atomic mass is 19.4. The molecule has 0 bridgehead atoms. The summed E-state index contributed by atoms with van der Waals surface area (Å²) in [5, 5.41) is 0. The molecule has 0 aromatic heterocycles. The lowest BCUT2D eigenvalue weighted by atomic mass is 9.93. The molecule has 3 rings (SSSR count). The summed E-state index contributed by atoms with van der Waals surface area (Å²) in [4.78, 5) is 10.7. The maximum Gasteiger partial charge on any atom is 0.449 e. The Morgan fingerprint density at radius 2 is 1.18 bits per heavy atom. The van der Waals surface area contributed by atoms with Gasteiger partial charge in [-0.2, -0.15) is 13.2 Å². The molecule has 0 atom stereocenters. The maximum absolute atomic E-state index is 12.0. The fourth-order valence-electron chi connectivity index (χ4n) is 3.35. The fraction of sp³-hybridized carbons (Fsp3) is 0.387. The molecule has 38 heavy (non-hydrogen) atoms. The highest BCUT2D eigenvalue weighted by Crippen LogP contribution is 2.27. The standard InChI is InChI=1S/C16H18O2.C13H15F3O2.C2H6/c1-12(13-4-8-15(17-2)9-5-13)14-6-10-16(18-3)11-7-14;1-2-9-18-11-6-3-10(4-7-11)5-8-12(17)13(14,15)16;1-2/h4-12H,1-3H3;3-4,6-7H,2,5,8-9H2,1H3;1-2H3. The molecule has 0 aliphatic carbocycles. The molecule has 3 aromatic rings. The number of alkyl halides is 3. The molecule has 0 fully saturated rings. The van der Waals surface area contributed by atoms with Crippen LogP contribution in [0.5, 0.6) is 17.2 Å². The molecule has 0 saturated carbocycles. The van der Waals surface area contributed by atoms with Crippen LogP contribution in [0.25, 0.3) is 0 Å². The summed E-state index contributed by atoms with van der Waals surface area (Å²) in [5.74, 6) is 1.14. The van der Waals surface area contributed by atoms with Crippen LogP contribution in [0.15, 0.2) is 72.8 Å². The van der Waals surface area contributed by atoms with Crippen molar-refractivity contribution < 1.29 is 32.2 Å². The highest BCUT2D eigenvalue weighted by Gasteiger charge is 2.37. The number of carbonyl (C=O) groups excluding carboxylic acids is 1. The molecule has 0 heterocycles. The van der Waals surface area contributed by atoms with Gasteiger partial charge in [0.05, 0.1) is 20.8 Å². The number of aryl methyl sites for hydroxylation is 1. The van der Waals surface area contributed by atoms with E-state index in [9.17, 15) is 18.0 Å². The summed E-state index contributed by atoms with van der Waals surface area (Å²) in [6.45, 7) is 8.78. The van der Waals surface area contributed by atoms with Crippen LogP contribution in [0.4, 0.5) is 13.2 Å². The lowest BCUT2D eigenvalue weighted by Gasteiger charge is -2.13. The van der Waals surface area contributed by atoms with Gasteiger partial charge in [0.1, 0.15) is 17.2 Å². The first-order valence-electron chi connectivity index (χ1n) is 12.8. The van der Waals surface area contributed by atoms with Crippen LogP contribution in [-0.4, -0.2) is 32.8 Å². The SMILES string of the molecule is CC.CCCOc1ccc(CCC(=O)C(F)(F)F)cc1.COc1ccc(C(C)c2ccc(OC)cc2)cc1. The Labute approximate surface area is 224 Å². The normalized spacial score (nSPS) is 10.5. The van der Waals surface area contributed by atoms with Gasteiger partial charge in [0.2, 0.25) is 5.78 Å². The van der Waals surface area contributed by atoms with Gasteiger partial charge in [-0.15, -0.1) is 0 Å². The van der Waals surface area contributed by atoms with Gasteiger partial charge in [0.25, 0.3) is 0 Å². The molecule has 0 saturated heterocycles. The second kappa shape index (κ2) is 17.1. The van der Waals surface area contributed by atoms with E-state index in [0.29, 0.717) is 23.8 Å². The van der Waals surface area contributed by atoms with Crippen LogP contribution in [0.3, 0.4) is 0 Å². The first-order valence-corrected chi connectivity index (χ1v) is 12.8. The van der Waals surface area contributed by atoms with E-state index >= 15 is 0 Å². The van der Waals surface area contributed by atoms with Gasteiger partial charge < -0.3 is 14.2 Å². The molecular formula is C31H39F3O4. The largest absolute Gasteiger partial charge is 0.497 e. The zero-order valence-corrected chi connectivity index (χ0v) is 23.1. The number of Topliss-reactive ketones (excluding diaryl/α,β-unsaturated/α-hetero) is 1. The van der Waals surface area contributed by atoms with Gasteiger partial charge in [0.15, 0.2) is 0 Å². The molecular weight excluding hydrogens is 493 g/mol. The quantitative estimate of drug-likeness (QED) is 0.263. The van der Waals surface area contributed by atoms with Crippen LogP contribution in [0.2, 0.25) is 0 Å². The summed E-state index contributed by atoms with van der Waals surface area (Å²) < 4.78 is 51.6. The van der Waals surface area contributed by atoms with Crippen LogP contribution >= 0.6 is 0 Å². The second-order valence-electron chi connectivity index (χ2n) is 8.18. The third kappa shape index (κ3) is 11.3. The van der Waals surface area contributed by atoms with E-state index in [1.54, 1.807) is 38.5 Å². The lowest BCUT2D eigenvalue weighted by molar-refractivity contribution is -0.171. The van der Waals surface area contributed by atoms with E-state index in [1.807, 2.05) is 45.0 Å². The summed E-state index contributed by atoms with van der Waals surface area (Å²) >= 11 is 0. The predicted octanol–water partition coefficient (Wildman–Crippen LogP) is 8.42. The average Bonchev–Trinajstić information content (AvgIpc) is 2.96. The summed E-state index contributed by atoms with van der Waals surface area (Å²) in [7, 11) is 3.36. The Balaban J connectivity index is 0.000000357. The summed E-state index contributed by atoms with van der Waals surface area (Å²) in [6, 6.07) is 23.1. The van der Waals surface area contributed by atoms with Crippen molar-refractivity contribution in [2.24, 2.45) is 0 Å². The van der Waals surface area contributed by atoms with E-state index in [4.69, 9.17) is 14.2 Å². The van der Waals surface area contributed by atoms with Crippen LogP contribution in [0, 0.1) is 0 Å². The predicted molar refractivity (Wildman–Crippen MR) is 146 cm³/mol. The van der Waals surface area contributed by atoms with Crippen LogP contribution in [-0.2, 0) is 11.2 Å². The lowest BCUT2D eigenvalue weighted by Crippen LogP contribution is -2.22. The Hall–Kier alpha value is -3.48. The van der Waals surface area contributed by atoms with Crippen LogP contribution < -0.4 is 14.2 Å². The number of benzene rings is 3. The minimum atomic E-state index is -4.73. The highest BCUT2D eigenvalue weighted by molar-refractivity contribution is 5.84. The topological polar surface area (TPSA) is 44.8 Å². The van der Waals surface area contributed by atoms with Crippen molar-refractivity contribution in [3.05, 3.63) is 89.5 Å². The van der Waals surface area contributed by atoms with Crippen molar-refractivity contribution in [3.63, 3.8) is 0 Å². The maximum atomic E-state index is 12.0. The van der Waals surface area contributed by atoms with E-state index in [0.717, 1.165) is 17.9 Å². The minimum absolute atomic E-state index is 0.0897. The van der Waals surface area contributed by atoms with Crippen molar-refractivity contribution in [1.29, 1.82) is 0 Å². The molecule has 0 spiro atoms. The molecule has 0 aliphatic rings. The van der Waals surface area contributed by atoms with E-state index in [2.05, 4.69) is 31.2 Å². The Bertz CT molecular complexity index is 997. The monoisotopic (exact) mass is 532 g/mol. The number of carbonyl (C=O) groups is 1. The number of methoxy groups -OCH3 is 2. The minimum Gasteiger partial charge on any atom is -0.497 e. The Morgan fingerprint density at radius 1 is 0.763 bits per heavy atom. The molecule has 0 N–H and O–H groups in total. The van der Waals surface area contributed by atoms with E-state index in [-0.39, 0.29) is 6.42 Å². The molecule has 7 heteroatoms. The van der Waals surface area contributed by atoms with Crippen molar-refractivity contribution in [3.8, 4) is 17.2 Å². The first-order chi connectivity index (χ1) is 18.2. The van der Waals surface area contributed by atoms with E-state index in [1.165, 1.54) is 11.1 Å². The third-order valence-corrected chi connectivity index (χ3v) is 5.58. The fourth-order valence-corrected chi connectivity index (χ4v) is 3.35. The number of hydrogen-bond donors (Lipinski definition) is 0. The molecule has 0 aliphatic heterocycles. The van der Waals surface area contributed by atoms with Crippen molar-refractivity contribution in [1.82, 2.24) is 0 Å². The number of hydrogen-bond acceptors (Lipinski definition) is 4. The van der Waals surface area contributed by atoms with Crippen molar-refractivity contribution in [2.45, 2.75) is 59.1 Å². The van der Waals surface area contributed by atoms with Gasteiger partial charge in [-0.25, -0.2) is 0 Å². The average molecular weight is 533 g/mol. The van der Waals surface area contributed by atoms with Gasteiger partial charge in [0, 0.05) is 12.3 Å². The molecule has 0 amide bonds. The van der Waals surface area contributed by atoms with Gasteiger partial charge in [-0.3, -0.25) is 4.79 Å². The smallest absolute Gasteiger partial charge is 0.449 e. The Morgan fingerprint density at radius 3 is 1.55 bits per heavy atom. The molecule has 3 aromatic carbocycles. The molecule has 208 valence electrons. The summed E-state index contributed by atoms with van der Waals surface area (Å²) in [5.41, 5.74) is 3.25. The second-order valence-corrected chi connectivity index (χ2v) is 8.18. The number of ether oxygens (including phenoxy) is 3. The van der Waals surface area contributed by atoms with E-state index < -0.39 is 18.4 Å². The molecule has 4 nitrogen and oxygen atoms in total. The zero-order chi connectivity index (χ0) is 28.6. The van der Waals surface area contributed by atoms with Crippen molar-refractivity contribution in [2.75, 3.05) is 20.8 Å². The first kappa shape index (κ1) is 32.5. The number of ketones is 1. The van der Waals surface area contributed by atoms with Gasteiger partial charge in [-0.05, 0) is 65.9 Å². The Kier molecular flexibility index (Phi) is 14.7. The zero-order valence-electron chi connectivity index (χ0n) is 23.1. The van der Waals surface area contributed by atoms with Gasteiger partial charge in [-0.1, -0.05) is 64.1 Å². The number of halogens is 3. The number of rotatable bonds is 10. The summed E-state index contributed by atoms with van der Waals surface area (Å²) in [6.07, 6.45) is -4.27. The van der Waals surface area contributed by atoms with Gasteiger partial charge >= 0.3 is 6.18 Å². The molecule has 0 radical (unpaired) electrons. The molecule has 0 unspecified atom stereocenters. The third-order valence-electron chi connectivity index (χ3n) is 5.58. The van der Waals surface area contributed by atoms with Crippen molar-refractivity contribution >= 4 is 5.78 Å². The van der Waals surface area contributed by atoms with Crippen LogP contribution in [0.1, 0.15) is 63.1 Å².